The average Bonchev–Trinajstić information content (AvgIpc) is 3.30. The number of hydrogen-bond donors (Lipinski definition) is 0. The van der Waals surface area contributed by atoms with E-state index in [-0.39, 0.29) is 11.8 Å². The molecule has 5 rings (SSSR count). The Morgan fingerprint density at radius 2 is 1.61 bits per heavy atom. The molecule has 2 aliphatic heterocycles. The second-order valence-electron chi connectivity index (χ2n) is 7.18. The minimum Gasteiger partial charge on any atom is -0.362 e. The summed E-state index contributed by atoms with van der Waals surface area (Å²) in [7, 11) is 0. The minimum atomic E-state index is -0.193. The van der Waals surface area contributed by atoms with Gasteiger partial charge in [-0.05, 0) is 36.2 Å². The number of carbonyl (C=O) groups excluding carboxylic acids is 2. The van der Waals surface area contributed by atoms with Gasteiger partial charge in [0.15, 0.2) is 0 Å². The summed E-state index contributed by atoms with van der Waals surface area (Å²) in [5.41, 5.74) is 3.29. The van der Waals surface area contributed by atoms with Crippen LogP contribution in [0.15, 0.2) is 60.9 Å². The van der Waals surface area contributed by atoms with Crippen LogP contribution < -0.4 is 4.90 Å². The van der Waals surface area contributed by atoms with Crippen LogP contribution >= 0.6 is 0 Å². The number of amides is 2. The highest BCUT2D eigenvalue weighted by Crippen LogP contribution is 2.24. The van der Waals surface area contributed by atoms with Crippen LogP contribution in [0.5, 0.6) is 0 Å². The molecule has 6 nitrogen and oxygen atoms in total. The summed E-state index contributed by atoms with van der Waals surface area (Å²) in [5, 5.41) is 0. The van der Waals surface area contributed by atoms with E-state index in [1.54, 1.807) is 24.3 Å². The second kappa shape index (κ2) is 6.64. The molecule has 0 aliphatic carbocycles. The topological polar surface area (TPSA) is 58.4 Å². The van der Waals surface area contributed by atoms with E-state index in [1.165, 1.54) is 10.6 Å². The lowest BCUT2D eigenvalue weighted by Crippen LogP contribution is -2.33. The van der Waals surface area contributed by atoms with E-state index in [4.69, 9.17) is 0 Å². The molecule has 3 heterocycles. The maximum atomic E-state index is 12.5. The maximum Gasteiger partial charge on any atom is 0.261 e. The average molecular weight is 372 g/mol. The van der Waals surface area contributed by atoms with Gasteiger partial charge in [0.2, 0.25) is 0 Å². The number of rotatable bonds is 4. The molecule has 0 bridgehead atoms. The number of carbonyl (C=O) groups is 2. The first-order valence-corrected chi connectivity index (χ1v) is 9.50. The van der Waals surface area contributed by atoms with Crippen molar-refractivity contribution in [1.82, 2.24) is 14.5 Å². The van der Waals surface area contributed by atoms with E-state index in [0.717, 1.165) is 31.0 Å². The number of nitrogens with zero attached hydrogens (tertiary/aromatic N) is 4. The molecular weight excluding hydrogens is 352 g/mol. The summed E-state index contributed by atoms with van der Waals surface area (Å²) in [5.74, 6) is 0.697. The third-order valence-electron chi connectivity index (χ3n) is 5.55. The van der Waals surface area contributed by atoms with Crippen LogP contribution in [-0.2, 0) is 19.5 Å². The predicted octanol–water partition coefficient (Wildman–Crippen LogP) is 2.74. The van der Waals surface area contributed by atoms with Crippen molar-refractivity contribution in [2.75, 3.05) is 18.0 Å². The lowest BCUT2D eigenvalue weighted by molar-refractivity contribution is 0.0656. The number of aromatic nitrogens is 2. The van der Waals surface area contributed by atoms with E-state index in [0.29, 0.717) is 24.1 Å². The number of fused-ring (bicyclic) bond motifs is 2. The van der Waals surface area contributed by atoms with Gasteiger partial charge in [-0.3, -0.25) is 14.5 Å². The number of anilines is 1. The first kappa shape index (κ1) is 16.7. The Balaban J connectivity index is 1.24. The lowest BCUT2D eigenvalue weighted by Gasteiger charge is -2.29. The Bertz CT molecular complexity index is 1020. The molecule has 0 unspecified atom stereocenters. The van der Waals surface area contributed by atoms with Crippen LogP contribution in [0.2, 0.25) is 0 Å². The van der Waals surface area contributed by atoms with Gasteiger partial charge in [-0.15, -0.1) is 0 Å². The largest absolute Gasteiger partial charge is 0.362 e. The normalized spacial score (nSPS) is 15.7. The van der Waals surface area contributed by atoms with Gasteiger partial charge in [0, 0.05) is 37.7 Å². The molecule has 0 saturated carbocycles. The number of imide groups is 1. The van der Waals surface area contributed by atoms with Crippen LogP contribution in [0.3, 0.4) is 0 Å². The fraction of sp³-hybridized carbons (Fsp3) is 0.227. The van der Waals surface area contributed by atoms with E-state index >= 15 is 0 Å². The Hall–Kier alpha value is -3.41. The monoisotopic (exact) mass is 372 g/mol. The van der Waals surface area contributed by atoms with Crippen LogP contribution in [0.1, 0.15) is 32.1 Å². The Morgan fingerprint density at radius 3 is 2.32 bits per heavy atom. The molecule has 3 aromatic rings. The Labute approximate surface area is 163 Å². The maximum absolute atomic E-state index is 12.5. The van der Waals surface area contributed by atoms with Gasteiger partial charge < -0.3 is 9.47 Å². The van der Waals surface area contributed by atoms with Gasteiger partial charge in [0.1, 0.15) is 5.82 Å². The zero-order valence-corrected chi connectivity index (χ0v) is 15.4. The molecule has 0 saturated heterocycles. The highest BCUT2D eigenvalue weighted by molar-refractivity contribution is 6.21. The van der Waals surface area contributed by atoms with Gasteiger partial charge in [0.05, 0.1) is 17.7 Å². The molecule has 2 aromatic carbocycles. The summed E-state index contributed by atoms with van der Waals surface area (Å²) in [6.07, 6.45) is 4.52. The van der Waals surface area contributed by atoms with Crippen molar-refractivity contribution >= 4 is 17.5 Å². The van der Waals surface area contributed by atoms with Crippen LogP contribution in [0.25, 0.3) is 0 Å². The fourth-order valence-electron chi connectivity index (χ4n) is 3.95. The van der Waals surface area contributed by atoms with Gasteiger partial charge >= 0.3 is 0 Å². The van der Waals surface area contributed by atoms with Crippen molar-refractivity contribution in [3.05, 3.63) is 83.4 Å². The summed E-state index contributed by atoms with van der Waals surface area (Å²) in [6, 6.07) is 15.4. The molecule has 0 atom stereocenters. The molecule has 2 amide bonds. The van der Waals surface area contributed by atoms with Crippen LogP contribution in [0.4, 0.5) is 5.69 Å². The van der Waals surface area contributed by atoms with Gasteiger partial charge in [-0.25, -0.2) is 4.98 Å². The van der Waals surface area contributed by atoms with Crippen molar-refractivity contribution in [3.63, 3.8) is 0 Å². The van der Waals surface area contributed by atoms with E-state index < -0.39 is 0 Å². The van der Waals surface area contributed by atoms with Crippen molar-refractivity contribution < 1.29 is 9.59 Å². The predicted molar refractivity (Wildman–Crippen MR) is 105 cm³/mol. The fourth-order valence-corrected chi connectivity index (χ4v) is 3.95. The first-order chi connectivity index (χ1) is 13.7. The summed E-state index contributed by atoms with van der Waals surface area (Å²) in [4.78, 5) is 33.0. The zero-order valence-electron chi connectivity index (χ0n) is 15.4. The first-order valence-electron chi connectivity index (χ1n) is 9.50. The molecule has 140 valence electrons. The number of hydrogen-bond acceptors (Lipinski definition) is 4. The van der Waals surface area contributed by atoms with Gasteiger partial charge in [-0.1, -0.05) is 24.3 Å². The zero-order chi connectivity index (χ0) is 19.1. The smallest absolute Gasteiger partial charge is 0.261 e. The molecule has 6 heteroatoms. The van der Waals surface area contributed by atoms with Crippen molar-refractivity contribution in [2.45, 2.75) is 19.5 Å². The molecule has 28 heavy (non-hydrogen) atoms. The van der Waals surface area contributed by atoms with Crippen LogP contribution in [0, 0.1) is 0 Å². The SMILES string of the molecule is O=C1c2ccccc2C(=O)N1CCc1ccc(N2CCn3ccnc3C2)cc1. The van der Waals surface area contributed by atoms with Crippen molar-refractivity contribution in [1.29, 1.82) is 0 Å². The van der Waals surface area contributed by atoms with Gasteiger partial charge in [-0.2, -0.15) is 0 Å². The van der Waals surface area contributed by atoms with Gasteiger partial charge in [0.25, 0.3) is 11.8 Å². The van der Waals surface area contributed by atoms with Crippen LogP contribution in [-0.4, -0.2) is 39.4 Å². The number of imidazole rings is 1. The summed E-state index contributed by atoms with van der Waals surface area (Å²) < 4.78 is 2.19. The quantitative estimate of drug-likeness (QED) is 0.661. The Kier molecular flexibility index (Phi) is 3.97. The van der Waals surface area contributed by atoms with Crippen molar-refractivity contribution in [2.24, 2.45) is 0 Å². The molecule has 0 radical (unpaired) electrons. The minimum absolute atomic E-state index is 0.193. The molecule has 0 N–H and O–H groups in total. The third-order valence-corrected chi connectivity index (χ3v) is 5.55. The molecule has 0 fully saturated rings. The summed E-state index contributed by atoms with van der Waals surface area (Å²) in [6.45, 7) is 3.10. The van der Waals surface area contributed by atoms with Crippen molar-refractivity contribution in [3.8, 4) is 0 Å². The number of benzene rings is 2. The molecular formula is C22H20N4O2. The highest BCUT2D eigenvalue weighted by atomic mass is 16.2. The lowest BCUT2D eigenvalue weighted by atomic mass is 10.1. The molecule has 0 spiro atoms. The Morgan fingerprint density at radius 1 is 0.893 bits per heavy atom. The highest BCUT2D eigenvalue weighted by Gasteiger charge is 2.34. The third kappa shape index (κ3) is 2.78. The second-order valence-corrected chi connectivity index (χ2v) is 7.18. The molecule has 2 aliphatic rings. The molecule has 1 aromatic heterocycles. The summed E-state index contributed by atoms with van der Waals surface area (Å²) >= 11 is 0. The standard InChI is InChI=1S/C22H20N4O2/c27-21-18-3-1-2-4-19(18)22(28)26(21)11-9-16-5-7-17(8-6-16)25-14-13-24-12-10-23-20(24)15-25/h1-8,10,12H,9,11,13-15H2. The van der Waals surface area contributed by atoms with E-state index in [9.17, 15) is 9.59 Å². The van der Waals surface area contributed by atoms with E-state index in [2.05, 4.69) is 38.7 Å². The van der Waals surface area contributed by atoms with E-state index in [1.807, 2.05) is 12.4 Å².